The Labute approximate surface area is 701 Å². The van der Waals surface area contributed by atoms with Crippen molar-refractivity contribution in [2.75, 3.05) is 78.5 Å². The minimum absolute atomic E-state index is 0.266. The first-order chi connectivity index (χ1) is 58.3. The van der Waals surface area contributed by atoms with Gasteiger partial charge in [0.2, 0.25) is 0 Å². The molecule has 13 aromatic rings. The van der Waals surface area contributed by atoms with Crippen molar-refractivity contribution < 1.29 is 9.90 Å². The second-order valence-electron chi connectivity index (χ2n) is 30.1. The van der Waals surface area contributed by atoms with E-state index in [-0.39, 0.29) is 27.6 Å². The van der Waals surface area contributed by atoms with Crippen LogP contribution in [-0.4, -0.2) is 115 Å². The van der Waals surface area contributed by atoms with Gasteiger partial charge >= 0.3 is 5.97 Å². The largest absolute Gasteiger partial charge is 0.478 e. The Balaban J connectivity index is 0.000000132. The number of aromatic amines is 4. The number of carbonyl (C=O) groups is 1. The fourth-order valence-corrected chi connectivity index (χ4v) is 14.8. The minimum Gasteiger partial charge on any atom is -0.478 e. The maximum absolute atomic E-state index is 12.6. The number of nitrogens with one attached hydrogen (secondary N) is 8. The standard InChI is InChI=1S/C26H25N5O.C24H25N5O3.C22H22ClN5O.C21H22N6O/c1-16-13-22-23(14-17(16)2)31(25-24(30-22)26(32)29-18(3)28-25)12-11-27-15-20-9-6-8-19-7-4-5-10-21(19)20;1-14-12-19-20(13-15(14)2)29(22-21(28-19)23(30)27-16(3)26-22)11-10-25-9-8-17-6-4-5-7-18(17)24(31)32;1-13-10-18-19(11-14(13)2)28(21-20(27-18)22(29)26-15(3)25-21)9-8-24-12-16-4-6-17(23)7-5-16;1-13-10-17-18(11-14(13)2)27(9-8-22-12-16-6-4-5-7-23-16)20-19(26-17)21(28)25-15(3)24-20/h4-10,13-14,27H,3,11-12,15H2,1-2H3,(H,29,32);4-7,12-13,25H,3,8-11H2,1-2H3,(H,27,30)(H,31,32);4-7,10-11,24H,3,8-9,12H2,1-2H3,(H,26,29);4-7,10-11,22H,3,8-9,12H2,1-2H3,(H,25,28). The van der Waals surface area contributed by atoms with Gasteiger partial charge < -0.3 is 65.9 Å². The molecule has 0 spiro atoms. The van der Waals surface area contributed by atoms with E-state index >= 15 is 0 Å². The molecule has 0 radical (unpaired) electrons. The molecule has 9 N–H and O–H groups in total. The molecule has 17 rings (SSSR count). The molecule has 0 fully saturated rings. The van der Waals surface area contributed by atoms with E-state index in [1.54, 1.807) is 18.3 Å². The van der Waals surface area contributed by atoms with E-state index in [4.69, 9.17) is 11.6 Å². The number of fused-ring (bicyclic) bond motifs is 9. The van der Waals surface area contributed by atoms with Gasteiger partial charge in [0.25, 0.3) is 22.2 Å². The molecule has 121 heavy (non-hydrogen) atoms. The molecule has 4 aliphatic rings. The van der Waals surface area contributed by atoms with Crippen molar-refractivity contribution >= 4 is 123 Å². The summed E-state index contributed by atoms with van der Waals surface area (Å²) < 4.78 is 0. The van der Waals surface area contributed by atoms with Gasteiger partial charge in [0.15, 0.2) is 44.7 Å². The van der Waals surface area contributed by atoms with E-state index < -0.39 is 5.97 Å². The van der Waals surface area contributed by atoms with Crippen molar-refractivity contribution in [3.63, 3.8) is 0 Å². The van der Waals surface area contributed by atoms with Crippen LogP contribution in [0, 0.1) is 55.4 Å². The number of nitrogens with zero attached hydrogens (tertiary/aromatic N) is 13. The van der Waals surface area contributed by atoms with Gasteiger partial charge in [-0.15, -0.1) is 0 Å². The first-order valence-corrected chi connectivity index (χ1v) is 40.2. The predicted octanol–water partition coefficient (Wildman–Crippen LogP) is 8.90. The predicted molar refractivity (Wildman–Crippen MR) is 480 cm³/mol. The van der Waals surface area contributed by atoms with Crippen LogP contribution in [0.5, 0.6) is 0 Å². The van der Waals surface area contributed by atoms with Crippen molar-refractivity contribution in [3.8, 4) is 0 Å². The highest BCUT2D eigenvalue weighted by Gasteiger charge is 2.29. The lowest BCUT2D eigenvalue weighted by molar-refractivity contribution is 0.0695. The Bertz CT molecular complexity index is 6940. The van der Waals surface area contributed by atoms with Crippen LogP contribution in [0.4, 0.5) is 68.8 Å². The zero-order chi connectivity index (χ0) is 85.3. The van der Waals surface area contributed by atoms with Gasteiger partial charge in [0.05, 0.1) is 56.8 Å². The molecule has 0 aliphatic carbocycles. The SMILES string of the molecule is C=c1nc2c(c(=O)[nH]1)=Nc1cc(C)c(C)cc1N2CCNCCc1ccccc1C(=O)O.C=c1nc2c(c(=O)[nH]1)=Nc1cc(C)c(C)cc1N2CCNCc1ccc(Cl)cc1.C=c1nc2c(c(=O)[nH]1)=Nc1cc(C)c(C)cc1N2CCNCc1cccc2ccccc12.C=c1nc2c(c(=O)[nH]1)=Nc1cc(C)c(C)cc1N2CCNCc1ccccn1. The molecule has 28 heteroatoms. The van der Waals surface area contributed by atoms with Gasteiger partial charge in [-0.2, -0.15) is 0 Å². The summed E-state index contributed by atoms with van der Waals surface area (Å²) in [5.74, 6) is 1.22. The first kappa shape index (κ1) is 83.7. The first-order valence-electron chi connectivity index (χ1n) is 39.8. The third-order valence-corrected chi connectivity index (χ3v) is 21.8. The van der Waals surface area contributed by atoms with Crippen molar-refractivity contribution in [1.29, 1.82) is 0 Å². The molecule has 0 saturated carbocycles. The highest BCUT2D eigenvalue weighted by atomic mass is 35.5. The molecule has 27 nitrogen and oxygen atoms in total. The Morgan fingerprint density at radius 1 is 0.397 bits per heavy atom. The van der Waals surface area contributed by atoms with Gasteiger partial charge in [-0.3, -0.25) is 24.2 Å². The lowest BCUT2D eigenvalue weighted by atomic mass is 10.0. The number of aromatic carboxylic acids is 1. The third-order valence-electron chi connectivity index (χ3n) is 21.5. The summed E-state index contributed by atoms with van der Waals surface area (Å²) in [5.41, 5.74) is 20.7. The zero-order valence-corrected chi connectivity index (χ0v) is 69.5. The van der Waals surface area contributed by atoms with Gasteiger partial charge in [-0.25, -0.2) is 44.7 Å². The Hall–Kier alpha value is -13.8. The monoisotopic (exact) mass is 1640 g/mol. The molecule has 0 saturated heterocycles. The van der Waals surface area contributed by atoms with Crippen LogP contribution >= 0.6 is 11.6 Å². The molecule has 0 atom stereocenters. The highest BCUT2D eigenvalue weighted by Crippen LogP contribution is 2.41. The molecule has 0 amide bonds. The summed E-state index contributed by atoms with van der Waals surface area (Å²) in [6, 6.07) is 51.9. The molecule has 5 aromatic heterocycles. The molecular weight excluding hydrogens is 1540 g/mol. The van der Waals surface area contributed by atoms with Crippen LogP contribution in [-0.2, 0) is 26.1 Å². The topological polar surface area (TPSA) is 344 Å². The van der Waals surface area contributed by atoms with E-state index in [1.807, 2.05) is 121 Å². The van der Waals surface area contributed by atoms with Crippen molar-refractivity contribution in [2.45, 2.75) is 81.4 Å². The van der Waals surface area contributed by atoms with Crippen molar-refractivity contribution in [2.24, 2.45) is 20.0 Å². The molecule has 9 heterocycles. The van der Waals surface area contributed by atoms with E-state index in [0.29, 0.717) is 132 Å². The summed E-state index contributed by atoms with van der Waals surface area (Å²) in [4.78, 5) is 121. The highest BCUT2D eigenvalue weighted by molar-refractivity contribution is 6.30. The van der Waals surface area contributed by atoms with E-state index in [0.717, 1.165) is 115 Å². The fraction of sp³-hybridized carbons (Fsp3) is 0.226. The summed E-state index contributed by atoms with van der Waals surface area (Å²) >= 11 is 5.94. The van der Waals surface area contributed by atoms with Crippen molar-refractivity contribution in [3.05, 3.63) is 326 Å². The molecular formula is C93H94ClN21O6. The van der Waals surface area contributed by atoms with E-state index in [1.165, 1.54) is 33.0 Å². The molecule has 0 bridgehead atoms. The summed E-state index contributed by atoms with van der Waals surface area (Å²) in [6.07, 6.45) is 2.39. The number of rotatable bonds is 22. The number of hydrogen-bond donors (Lipinski definition) is 9. The number of halogens is 1. The van der Waals surface area contributed by atoms with Gasteiger partial charge in [-0.05, 0) is 219 Å². The zero-order valence-electron chi connectivity index (χ0n) is 68.8. The van der Waals surface area contributed by atoms with Crippen LogP contribution in [0.25, 0.3) is 37.1 Å². The number of benzene rings is 8. The smallest absolute Gasteiger partial charge is 0.335 e. The number of carboxylic acid groups (broad SMARTS) is 1. The normalized spacial score (nSPS) is 12.3. The molecule has 4 aliphatic heterocycles. The molecule has 614 valence electrons. The summed E-state index contributed by atoms with van der Waals surface area (Å²) in [7, 11) is 0. The average Bonchev–Trinajstić information content (AvgIpc) is 0.815. The number of aryl methyl sites for hydroxylation is 8. The molecule has 0 unspecified atom stereocenters. The number of H-pyrrole nitrogens is 4. The third kappa shape index (κ3) is 19.2. The lowest BCUT2D eigenvalue weighted by Crippen LogP contribution is -2.44. The van der Waals surface area contributed by atoms with Crippen LogP contribution in [0.2, 0.25) is 5.02 Å². The number of carboxylic acids is 1. The van der Waals surface area contributed by atoms with Crippen LogP contribution in [0.15, 0.2) is 203 Å². The van der Waals surface area contributed by atoms with Gasteiger partial charge in [0, 0.05) is 83.2 Å². The Morgan fingerprint density at radius 3 is 1.17 bits per heavy atom. The van der Waals surface area contributed by atoms with Crippen LogP contribution < -0.4 is 106 Å². The van der Waals surface area contributed by atoms with E-state index in [2.05, 4.69) is 212 Å². The summed E-state index contributed by atoms with van der Waals surface area (Å²) in [5, 5.41) is 27.6. The van der Waals surface area contributed by atoms with Crippen molar-refractivity contribution in [1.82, 2.24) is 66.1 Å². The number of aromatic nitrogens is 9. The Morgan fingerprint density at radius 2 is 0.752 bits per heavy atom. The second kappa shape index (κ2) is 37.0. The second-order valence-corrected chi connectivity index (χ2v) is 30.5. The lowest BCUT2D eigenvalue weighted by Gasteiger charge is -2.28. The van der Waals surface area contributed by atoms with Gasteiger partial charge in [0.1, 0.15) is 21.9 Å². The Kier molecular flexibility index (Phi) is 25.6. The minimum atomic E-state index is -0.920. The van der Waals surface area contributed by atoms with Crippen LogP contribution in [0.3, 0.4) is 0 Å². The maximum Gasteiger partial charge on any atom is 0.335 e. The fourth-order valence-electron chi connectivity index (χ4n) is 14.6. The average molecular weight is 1640 g/mol. The summed E-state index contributed by atoms with van der Waals surface area (Å²) in [6.45, 7) is 39.6. The van der Waals surface area contributed by atoms with Gasteiger partial charge in [-0.1, -0.05) is 117 Å². The molecule has 8 aromatic carbocycles. The van der Waals surface area contributed by atoms with E-state index in [9.17, 15) is 29.1 Å². The number of pyridine rings is 1. The van der Waals surface area contributed by atoms with Crippen LogP contribution in [0.1, 0.15) is 77.2 Å². The maximum atomic E-state index is 12.6. The quantitative estimate of drug-likeness (QED) is 0.0286. The number of anilines is 8. The number of hydrogen-bond acceptors (Lipinski definition) is 22.